The molecule has 0 aliphatic carbocycles. The van der Waals surface area contributed by atoms with Crippen LogP contribution in [0.2, 0.25) is 5.02 Å². The molecule has 3 rings (SSSR count). The highest BCUT2D eigenvalue weighted by Gasteiger charge is 2.15. The van der Waals surface area contributed by atoms with Crippen molar-refractivity contribution in [2.45, 2.75) is 33.4 Å². The lowest BCUT2D eigenvalue weighted by Crippen LogP contribution is -2.07. The van der Waals surface area contributed by atoms with Crippen molar-refractivity contribution in [3.05, 3.63) is 51.3 Å². The first-order valence-corrected chi connectivity index (χ1v) is 8.29. The van der Waals surface area contributed by atoms with Crippen LogP contribution in [0.4, 0.5) is 0 Å². The fourth-order valence-electron chi connectivity index (χ4n) is 2.62. The van der Waals surface area contributed by atoms with E-state index in [1.165, 1.54) is 10.9 Å². The predicted octanol–water partition coefficient (Wildman–Crippen LogP) is 4.88. The zero-order valence-corrected chi connectivity index (χ0v) is 14.4. The summed E-state index contributed by atoms with van der Waals surface area (Å²) in [6.45, 7) is 5.74. The van der Waals surface area contributed by atoms with Crippen LogP contribution in [0.1, 0.15) is 25.2 Å². The molecule has 0 saturated carbocycles. The van der Waals surface area contributed by atoms with E-state index < -0.39 is 0 Å². The summed E-state index contributed by atoms with van der Waals surface area (Å²) in [5.74, 6) is 0. The van der Waals surface area contributed by atoms with Crippen LogP contribution in [-0.2, 0) is 19.5 Å². The van der Waals surface area contributed by atoms with Crippen LogP contribution in [0, 0.1) is 0 Å². The molecule has 2 heterocycles. The summed E-state index contributed by atoms with van der Waals surface area (Å²) in [5, 5.41) is 6.62. The topological polar surface area (TPSA) is 22.8 Å². The molecule has 0 saturated heterocycles. The van der Waals surface area contributed by atoms with E-state index in [0.29, 0.717) is 0 Å². The lowest BCUT2D eigenvalue weighted by atomic mass is 10.2. The molecule has 1 aromatic carbocycles. The highest BCUT2D eigenvalue weighted by atomic mass is 79.9. The summed E-state index contributed by atoms with van der Waals surface area (Å²) in [6, 6.07) is 8.44. The molecule has 0 bridgehead atoms. The number of aromatic nitrogens is 3. The van der Waals surface area contributed by atoms with Gasteiger partial charge in [-0.15, -0.1) is 0 Å². The Bertz CT molecular complexity index is 788. The van der Waals surface area contributed by atoms with Crippen LogP contribution >= 0.6 is 27.5 Å². The standard InChI is InChI=1S/C16H17BrClN3/c1-3-13-16(18)15(21(4-2)19-13)10-20-8-7-11-5-6-12(17)9-14(11)20/h5-9H,3-4,10H2,1-2H3. The van der Waals surface area contributed by atoms with Gasteiger partial charge in [0.25, 0.3) is 0 Å². The number of nitrogens with zero attached hydrogens (tertiary/aromatic N) is 3. The van der Waals surface area contributed by atoms with Gasteiger partial charge in [-0.05, 0) is 36.9 Å². The van der Waals surface area contributed by atoms with Crippen molar-refractivity contribution in [1.82, 2.24) is 14.3 Å². The monoisotopic (exact) mass is 365 g/mol. The normalized spacial score (nSPS) is 11.4. The van der Waals surface area contributed by atoms with E-state index in [1.807, 2.05) is 4.68 Å². The van der Waals surface area contributed by atoms with Crippen LogP contribution in [0.3, 0.4) is 0 Å². The van der Waals surface area contributed by atoms with E-state index in [4.69, 9.17) is 11.6 Å². The van der Waals surface area contributed by atoms with E-state index in [0.717, 1.165) is 40.4 Å². The van der Waals surface area contributed by atoms with Crippen LogP contribution in [0.5, 0.6) is 0 Å². The summed E-state index contributed by atoms with van der Waals surface area (Å²) in [6.07, 6.45) is 2.96. The Morgan fingerprint density at radius 1 is 1.24 bits per heavy atom. The van der Waals surface area contributed by atoms with Crippen molar-refractivity contribution < 1.29 is 0 Å². The van der Waals surface area contributed by atoms with E-state index in [-0.39, 0.29) is 0 Å². The Morgan fingerprint density at radius 2 is 2.05 bits per heavy atom. The summed E-state index contributed by atoms with van der Waals surface area (Å²) < 4.78 is 5.30. The van der Waals surface area contributed by atoms with Crippen LogP contribution in [0.15, 0.2) is 34.9 Å². The lowest BCUT2D eigenvalue weighted by Gasteiger charge is -2.08. The van der Waals surface area contributed by atoms with Crippen molar-refractivity contribution >= 4 is 38.4 Å². The Balaban J connectivity index is 2.06. The maximum atomic E-state index is 6.50. The zero-order valence-electron chi connectivity index (χ0n) is 12.1. The van der Waals surface area contributed by atoms with Gasteiger partial charge in [-0.3, -0.25) is 4.68 Å². The van der Waals surface area contributed by atoms with Gasteiger partial charge < -0.3 is 4.57 Å². The van der Waals surface area contributed by atoms with E-state index in [1.54, 1.807) is 0 Å². The van der Waals surface area contributed by atoms with Crippen molar-refractivity contribution in [2.75, 3.05) is 0 Å². The second-order valence-electron chi connectivity index (χ2n) is 5.02. The second-order valence-corrected chi connectivity index (χ2v) is 6.32. The number of hydrogen-bond donors (Lipinski definition) is 0. The predicted molar refractivity (Wildman–Crippen MR) is 91.0 cm³/mol. The molecule has 0 atom stereocenters. The highest BCUT2D eigenvalue weighted by molar-refractivity contribution is 9.10. The minimum atomic E-state index is 0.736. The molecular weight excluding hydrogens is 350 g/mol. The maximum Gasteiger partial charge on any atom is 0.0868 e. The fraction of sp³-hybridized carbons (Fsp3) is 0.312. The van der Waals surface area contributed by atoms with Gasteiger partial charge >= 0.3 is 0 Å². The maximum absolute atomic E-state index is 6.50. The Morgan fingerprint density at radius 3 is 2.76 bits per heavy atom. The molecule has 0 amide bonds. The largest absolute Gasteiger partial charge is 0.341 e. The van der Waals surface area contributed by atoms with Gasteiger partial charge in [-0.1, -0.05) is 40.5 Å². The first kappa shape index (κ1) is 14.7. The van der Waals surface area contributed by atoms with Crippen LogP contribution < -0.4 is 0 Å². The third kappa shape index (κ3) is 2.62. The minimum absolute atomic E-state index is 0.736. The molecule has 2 aromatic heterocycles. The van der Waals surface area contributed by atoms with Crippen molar-refractivity contribution in [3.63, 3.8) is 0 Å². The zero-order chi connectivity index (χ0) is 15.0. The molecule has 0 fully saturated rings. The van der Waals surface area contributed by atoms with E-state index in [9.17, 15) is 0 Å². The van der Waals surface area contributed by atoms with Gasteiger partial charge in [0.2, 0.25) is 0 Å². The SMILES string of the molecule is CCc1nn(CC)c(Cn2ccc3ccc(Br)cc32)c1Cl. The molecule has 0 radical (unpaired) electrons. The summed E-state index contributed by atoms with van der Waals surface area (Å²) in [5.41, 5.74) is 3.25. The highest BCUT2D eigenvalue weighted by Crippen LogP contribution is 2.26. The number of benzene rings is 1. The van der Waals surface area contributed by atoms with Crippen molar-refractivity contribution in [1.29, 1.82) is 0 Å². The molecule has 0 N–H and O–H groups in total. The molecule has 0 aliphatic heterocycles. The van der Waals surface area contributed by atoms with Gasteiger partial charge in [0.05, 0.1) is 23.0 Å². The molecule has 0 aliphatic rings. The molecular formula is C16H17BrClN3. The van der Waals surface area contributed by atoms with Crippen molar-refractivity contribution in [3.8, 4) is 0 Å². The van der Waals surface area contributed by atoms with Crippen molar-refractivity contribution in [2.24, 2.45) is 0 Å². The van der Waals surface area contributed by atoms with Gasteiger partial charge in [0, 0.05) is 22.7 Å². The molecule has 0 spiro atoms. The quantitative estimate of drug-likeness (QED) is 0.645. The number of hydrogen-bond acceptors (Lipinski definition) is 1. The van der Waals surface area contributed by atoms with E-state index >= 15 is 0 Å². The summed E-state index contributed by atoms with van der Waals surface area (Å²) in [4.78, 5) is 0. The first-order chi connectivity index (χ1) is 10.1. The average Bonchev–Trinajstić information content (AvgIpc) is 3.01. The second kappa shape index (κ2) is 5.85. The average molecular weight is 367 g/mol. The Labute approximate surface area is 137 Å². The van der Waals surface area contributed by atoms with Gasteiger partial charge in [0.15, 0.2) is 0 Å². The summed E-state index contributed by atoms with van der Waals surface area (Å²) in [7, 11) is 0. The number of halogens is 2. The molecule has 110 valence electrons. The van der Waals surface area contributed by atoms with Gasteiger partial charge in [0.1, 0.15) is 0 Å². The Kier molecular flexibility index (Phi) is 4.09. The molecule has 21 heavy (non-hydrogen) atoms. The number of fused-ring (bicyclic) bond motifs is 1. The Hall–Kier alpha value is -1.26. The van der Waals surface area contributed by atoms with E-state index in [2.05, 4.69) is 69.9 Å². The molecule has 3 aromatic rings. The van der Waals surface area contributed by atoms with Crippen LogP contribution in [0.25, 0.3) is 10.9 Å². The third-order valence-electron chi connectivity index (χ3n) is 3.75. The minimum Gasteiger partial charge on any atom is -0.341 e. The molecule has 0 unspecified atom stereocenters. The molecule has 5 heteroatoms. The summed E-state index contributed by atoms with van der Waals surface area (Å²) >= 11 is 10.0. The molecule has 3 nitrogen and oxygen atoms in total. The smallest absolute Gasteiger partial charge is 0.0868 e. The van der Waals surface area contributed by atoms with Gasteiger partial charge in [-0.25, -0.2) is 0 Å². The van der Waals surface area contributed by atoms with Crippen LogP contribution in [-0.4, -0.2) is 14.3 Å². The number of aryl methyl sites for hydroxylation is 2. The lowest BCUT2D eigenvalue weighted by molar-refractivity contribution is 0.599. The number of rotatable bonds is 4. The fourth-order valence-corrected chi connectivity index (χ4v) is 3.30. The third-order valence-corrected chi connectivity index (χ3v) is 4.68. The first-order valence-electron chi connectivity index (χ1n) is 7.12. The van der Waals surface area contributed by atoms with Gasteiger partial charge in [-0.2, -0.15) is 5.10 Å².